The molecule has 142 valence electrons. The molecule has 3 atom stereocenters. The van der Waals surface area contributed by atoms with Crippen molar-refractivity contribution in [3.63, 3.8) is 0 Å². The van der Waals surface area contributed by atoms with Gasteiger partial charge in [0.25, 0.3) is 0 Å². The summed E-state index contributed by atoms with van der Waals surface area (Å²) in [6, 6.07) is 1.12. The van der Waals surface area contributed by atoms with Gasteiger partial charge in [-0.05, 0) is 38.3 Å². The lowest BCUT2D eigenvalue weighted by atomic mass is 10.0. The Morgan fingerprint density at radius 3 is 2.56 bits per heavy atom. The molecule has 0 aromatic carbocycles. The molecule has 0 aromatic rings. The lowest BCUT2D eigenvalue weighted by Gasteiger charge is -2.21. The van der Waals surface area contributed by atoms with Crippen LogP contribution in [0.5, 0.6) is 0 Å². The second kappa shape index (κ2) is 10.8. The summed E-state index contributed by atoms with van der Waals surface area (Å²) in [5, 5.41) is 9.39. The third-order valence-corrected chi connectivity index (χ3v) is 6.04. The molecule has 0 fully saturated rings. The molecule has 0 saturated carbocycles. The minimum Gasteiger partial charge on any atom is -0.455 e. The molecule has 0 bridgehead atoms. The molecule has 1 aliphatic rings. The molecule has 0 spiro atoms. The van der Waals surface area contributed by atoms with E-state index in [1.165, 1.54) is 0 Å². The normalized spacial score (nSPS) is 19.9. The second-order valence-corrected chi connectivity index (χ2v) is 13.8. The van der Waals surface area contributed by atoms with Gasteiger partial charge in [-0.25, -0.2) is 4.79 Å². The van der Waals surface area contributed by atoms with Crippen molar-refractivity contribution in [1.29, 1.82) is 0 Å². The third kappa shape index (κ3) is 9.84. The molecule has 0 aliphatic carbocycles. The first-order valence-electron chi connectivity index (χ1n) is 9.39. The van der Waals surface area contributed by atoms with Gasteiger partial charge in [0.15, 0.2) is 0 Å². The van der Waals surface area contributed by atoms with Gasteiger partial charge in [-0.15, -0.1) is 6.42 Å². The number of hydrogen-bond donors (Lipinski definition) is 1. The first-order chi connectivity index (χ1) is 11.7. The maximum absolute atomic E-state index is 11.9. The summed E-state index contributed by atoms with van der Waals surface area (Å²) in [5.74, 6) is 2.13. The fourth-order valence-corrected chi connectivity index (χ4v) is 3.50. The lowest BCUT2D eigenvalue weighted by Crippen LogP contribution is -2.24. The molecule has 1 heterocycles. The summed E-state index contributed by atoms with van der Waals surface area (Å²) in [6.07, 6.45) is 11.5. The Morgan fingerprint density at radius 1 is 1.32 bits per heavy atom. The zero-order valence-electron chi connectivity index (χ0n) is 16.2. The highest BCUT2D eigenvalue weighted by Gasteiger charge is 2.25. The van der Waals surface area contributed by atoms with E-state index in [1.54, 1.807) is 0 Å². The molecule has 0 unspecified atom stereocenters. The van der Waals surface area contributed by atoms with Crippen LogP contribution in [0.4, 0.5) is 0 Å². The maximum atomic E-state index is 11.9. The van der Waals surface area contributed by atoms with E-state index in [0.717, 1.165) is 43.9 Å². The number of unbranched alkanes of at least 4 members (excludes halogenated alkanes) is 2. The van der Waals surface area contributed by atoms with Crippen LogP contribution in [0.25, 0.3) is 0 Å². The number of hydrogen-bond acceptors (Lipinski definition) is 4. The van der Waals surface area contributed by atoms with Gasteiger partial charge < -0.3 is 14.6 Å². The number of cyclic esters (lactones) is 1. The van der Waals surface area contributed by atoms with Crippen molar-refractivity contribution in [1.82, 2.24) is 0 Å². The van der Waals surface area contributed by atoms with Crippen LogP contribution < -0.4 is 0 Å². The molecule has 1 rings (SSSR count). The van der Waals surface area contributed by atoms with Crippen LogP contribution in [-0.4, -0.2) is 44.1 Å². The van der Waals surface area contributed by atoms with Gasteiger partial charge in [-0.1, -0.05) is 38.4 Å². The quantitative estimate of drug-likeness (QED) is 0.246. The largest absolute Gasteiger partial charge is 0.455 e. The van der Waals surface area contributed by atoms with Crippen molar-refractivity contribution in [2.45, 2.75) is 89.4 Å². The van der Waals surface area contributed by atoms with Crippen LogP contribution in [-0.2, 0) is 14.3 Å². The second-order valence-electron chi connectivity index (χ2n) is 8.13. The van der Waals surface area contributed by atoms with Gasteiger partial charge in [0, 0.05) is 26.7 Å². The van der Waals surface area contributed by atoms with Crippen molar-refractivity contribution in [2.24, 2.45) is 0 Å². The van der Waals surface area contributed by atoms with Gasteiger partial charge >= 0.3 is 5.97 Å². The number of esters is 1. The van der Waals surface area contributed by atoms with E-state index in [4.69, 9.17) is 15.9 Å². The van der Waals surface area contributed by atoms with Crippen molar-refractivity contribution >= 4 is 14.0 Å². The van der Waals surface area contributed by atoms with Crippen molar-refractivity contribution in [2.75, 3.05) is 6.61 Å². The third-order valence-electron chi connectivity index (χ3n) is 4.34. The van der Waals surface area contributed by atoms with E-state index >= 15 is 0 Å². The van der Waals surface area contributed by atoms with E-state index in [2.05, 4.69) is 25.6 Å². The fraction of sp³-hybridized carbons (Fsp3) is 0.750. The average Bonchev–Trinajstić information content (AvgIpc) is 2.82. The number of carbonyl (C=O) groups excluding carboxylic acids is 1. The van der Waals surface area contributed by atoms with Crippen LogP contribution in [0.3, 0.4) is 0 Å². The van der Waals surface area contributed by atoms with Gasteiger partial charge in [-0.2, -0.15) is 0 Å². The first-order valence-corrected chi connectivity index (χ1v) is 13.1. The molecule has 0 saturated heterocycles. The number of terminal acetylenes is 1. The van der Waals surface area contributed by atoms with Crippen molar-refractivity contribution in [3.05, 3.63) is 11.6 Å². The Hall–Kier alpha value is -1.09. The minimum atomic E-state index is -1.13. The smallest absolute Gasteiger partial charge is 0.334 e. The summed E-state index contributed by atoms with van der Waals surface area (Å²) in [7, 11) is -1.13. The molecule has 1 N–H and O–H groups in total. The molecular formula is C20H34O4Si. The number of aliphatic hydroxyl groups is 1. The number of aliphatic hydroxyl groups excluding tert-OH is 1. The highest BCUT2D eigenvalue weighted by molar-refractivity contribution is 6.76. The minimum absolute atomic E-state index is 0.0537. The molecular weight excluding hydrogens is 332 g/mol. The van der Waals surface area contributed by atoms with Crippen LogP contribution in [0.2, 0.25) is 25.7 Å². The number of carbonyl (C=O) groups is 1. The molecule has 1 aliphatic heterocycles. The predicted octanol–water partition coefficient (Wildman–Crippen LogP) is 3.92. The van der Waals surface area contributed by atoms with Gasteiger partial charge in [0.05, 0.1) is 6.10 Å². The van der Waals surface area contributed by atoms with E-state index in [1.807, 2.05) is 13.0 Å². The summed E-state index contributed by atoms with van der Waals surface area (Å²) in [4.78, 5) is 11.9. The van der Waals surface area contributed by atoms with Crippen molar-refractivity contribution in [3.8, 4) is 12.3 Å². The zero-order chi connectivity index (χ0) is 18.9. The summed E-state index contributed by atoms with van der Waals surface area (Å²) in [6.45, 7) is 9.64. The Balaban J connectivity index is 2.43. The molecule has 25 heavy (non-hydrogen) atoms. The van der Waals surface area contributed by atoms with Crippen LogP contribution >= 0.6 is 0 Å². The van der Waals surface area contributed by atoms with Gasteiger partial charge in [-0.3, -0.25) is 0 Å². The van der Waals surface area contributed by atoms with E-state index in [-0.39, 0.29) is 18.2 Å². The number of ether oxygens (including phenoxy) is 2. The van der Waals surface area contributed by atoms with Gasteiger partial charge in [0.2, 0.25) is 0 Å². The average molecular weight is 367 g/mol. The highest BCUT2D eigenvalue weighted by Crippen LogP contribution is 2.23. The summed E-state index contributed by atoms with van der Waals surface area (Å²) in [5.41, 5.74) is 0.744. The summed E-state index contributed by atoms with van der Waals surface area (Å²) >= 11 is 0. The lowest BCUT2D eigenvalue weighted by molar-refractivity contribution is -0.139. The Bertz CT molecular complexity index is 487. The van der Waals surface area contributed by atoms with E-state index in [9.17, 15) is 9.90 Å². The van der Waals surface area contributed by atoms with E-state index < -0.39 is 14.2 Å². The van der Waals surface area contributed by atoms with Crippen LogP contribution in [0, 0.1) is 12.3 Å². The summed E-state index contributed by atoms with van der Waals surface area (Å²) < 4.78 is 11.3. The predicted molar refractivity (Wildman–Crippen MR) is 104 cm³/mol. The monoisotopic (exact) mass is 366 g/mol. The van der Waals surface area contributed by atoms with Crippen LogP contribution in [0.15, 0.2) is 11.6 Å². The number of rotatable bonds is 12. The Morgan fingerprint density at radius 2 is 2.00 bits per heavy atom. The van der Waals surface area contributed by atoms with E-state index in [0.29, 0.717) is 12.8 Å². The highest BCUT2D eigenvalue weighted by atomic mass is 28.3. The van der Waals surface area contributed by atoms with Gasteiger partial charge in [0.1, 0.15) is 12.2 Å². The van der Waals surface area contributed by atoms with Crippen LogP contribution in [0.1, 0.15) is 45.4 Å². The molecule has 0 amide bonds. The maximum Gasteiger partial charge on any atom is 0.334 e. The Labute approximate surface area is 154 Å². The SMILES string of the molecule is C#C[C@H](O)CCCCC[C@H](CC1=C[C@H](C)OC1=O)OCC[Si](C)(C)C. The van der Waals surface area contributed by atoms with Crippen molar-refractivity contribution < 1.29 is 19.4 Å². The standard InChI is InChI=1S/C20H34O4Si/c1-6-18(21)10-8-7-9-11-19(23-12-13-25(3,4)5)15-17-14-16(2)24-20(17)22/h1,14,16,18-19,21H,7-13,15H2,2-5H3/t16-,18-,19+/m0/s1. The fourth-order valence-electron chi connectivity index (χ4n) is 2.77. The molecule has 0 aromatic heterocycles. The first kappa shape index (κ1) is 21.9. The zero-order valence-corrected chi connectivity index (χ0v) is 17.2. The molecule has 4 nitrogen and oxygen atoms in total. The topological polar surface area (TPSA) is 55.8 Å². The molecule has 5 heteroatoms. The molecule has 0 radical (unpaired) electrons. The Kier molecular flexibility index (Phi) is 9.48.